The van der Waals surface area contributed by atoms with E-state index in [2.05, 4.69) is 65.4 Å². The minimum Gasteiger partial charge on any atom is -0.0736 e. The second-order valence-corrected chi connectivity index (χ2v) is 8.58. The van der Waals surface area contributed by atoms with E-state index in [1.807, 2.05) is 0 Å². The maximum absolute atomic E-state index is 2.51. The van der Waals surface area contributed by atoms with Gasteiger partial charge in [-0.1, -0.05) is 63.7 Å². The summed E-state index contributed by atoms with van der Waals surface area (Å²) in [7, 11) is 0.908. The molecule has 0 atom stereocenters. The van der Waals surface area contributed by atoms with Gasteiger partial charge in [-0.3, -0.25) is 0 Å². The number of hydrogen-bond acceptors (Lipinski definition) is 0. The fourth-order valence-corrected chi connectivity index (χ4v) is 6.97. The molecule has 0 unspecified atom stereocenters. The van der Waals surface area contributed by atoms with E-state index in [4.69, 9.17) is 0 Å². The smallest absolute Gasteiger partial charge is 0.0728 e. The summed E-state index contributed by atoms with van der Waals surface area (Å²) in [6.07, 6.45) is 3.82. The normalized spacial score (nSPS) is 24.8. The molecule has 19 heavy (non-hydrogen) atoms. The Morgan fingerprint density at radius 2 is 1.68 bits per heavy atom. The molecule has 1 fully saturated rings. The van der Waals surface area contributed by atoms with Crippen molar-refractivity contribution in [1.29, 1.82) is 0 Å². The van der Waals surface area contributed by atoms with E-state index in [0.717, 1.165) is 9.52 Å². The lowest BCUT2D eigenvalue weighted by Crippen LogP contribution is -2.64. The van der Waals surface area contributed by atoms with Gasteiger partial charge in [-0.05, 0) is 40.9 Å². The Bertz CT molecular complexity index is 561. The molecule has 0 heterocycles. The van der Waals surface area contributed by atoms with Gasteiger partial charge in [-0.15, -0.1) is 0 Å². The van der Waals surface area contributed by atoms with Crippen LogP contribution in [0.2, 0.25) is 6.55 Å². The van der Waals surface area contributed by atoms with Gasteiger partial charge in [-0.2, -0.15) is 0 Å². The fourth-order valence-electron chi connectivity index (χ4n) is 5.49. The van der Waals surface area contributed by atoms with Crippen LogP contribution in [0.4, 0.5) is 0 Å². The van der Waals surface area contributed by atoms with Gasteiger partial charge in [0.2, 0.25) is 0 Å². The summed E-state index contributed by atoms with van der Waals surface area (Å²) >= 11 is 0. The highest BCUT2D eigenvalue weighted by atomic mass is 28.2. The monoisotopic (exact) mass is 268 g/mol. The number of aryl methyl sites for hydroxylation is 1. The summed E-state index contributed by atoms with van der Waals surface area (Å²) in [6.45, 7) is 14.4. The maximum atomic E-state index is 2.51. The van der Waals surface area contributed by atoms with Gasteiger partial charge in [0.15, 0.2) is 0 Å². The molecule has 0 aromatic heterocycles. The molecule has 2 radical (unpaired) electrons. The SMILES string of the molecule is C[Si]C1=Cc2c(C)cccc2C12C(C)(C)CC2(C)C. The first-order valence-electron chi connectivity index (χ1n) is 7.28. The van der Waals surface area contributed by atoms with Crippen molar-refractivity contribution in [3.05, 3.63) is 40.1 Å². The molecular formula is C18H24Si. The molecule has 0 N–H and O–H groups in total. The Labute approximate surface area is 120 Å². The van der Waals surface area contributed by atoms with Crippen molar-refractivity contribution in [3.8, 4) is 0 Å². The molecule has 0 nitrogen and oxygen atoms in total. The Kier molecular flexibility index (Phi) is 2.52. The molecular weight excluding hydrogens is 244 g/mol. The third-order valence-electron chi connectivity index (χ3n) is 5.60. The number of allylic oxidation sites excluding steroid dienone is 1. The van der Waals surface area contributed by atoms with Crippen LogP contribution in [-0.2, 0) is 5.41 Å². The van der Waals surface area contributed by atoms with E-state index in [1.165, 1.54) is 17.5 Å². The van der Waals surface area contributed by atoms with E-state index in [1.54, 1.807) is 10.8 Å². The van der Waals surface area contributed by atoms with Crippen LogP contribution in [0.1, 0.15) is 50.8 Å². The average Bonchev–Trinajstić information content (AvgIpc) is 2.66. The van der Waals surface area contributed by atoms with Crippen LogP contribution >= 0.6 is 0 Å². The van der Waals surface area contributed by atoms with Crippen molar-refractivity contribution < 1.29 is 0 Å². The quantitative estimate of drug-likeness (QED) is 0.642. The van der Waals surface area contributed by atoms with E-state index in [9.17, 15) is 0 Å². The van der Waals surface area contributed by atoms with Gasteiger partial charge in [0.1, 0.15) is 0 Å². The van der Waals surface area contributed by atoms with Crippen LogP contribution in [0, 0.1) is 17.8 Å². The van der Waals surface area contributed by atoms with Crippen molar-refractivity contribution in [2.24, 2.45) is 10.8 Å². The van der Waals surface area contributed by atoms with Crippen molar-refractivity contribution >= 4 is 15.6 Å². The summed E-state index contributed by atoms with van der Waals surface area (Å²) in [5.74, 6) is 0. The molecule has 1 saturated carbocycles. The van der Waals surface area contributed by atoms with E-state index >= 15 is 0 Å². The zero-order valence-corrected chi connectivity index (χ0v) is 14.0. The topological polar surface area (TPSA) is 0 Å². The number of benzene rings is 1. The van der Waals surface area contributed by atoms with Gasteiger partial charge in [0, 0.05) is 5.41 Å². The number of fused-ring (bicyclic) bond motifs is 2. The Hall–Kier alpha value is -0.823. The predicted octanol–water partition coefficient (Wildman–Crippen LogP) is 4.80. The molecule has 3 rings (SSSR count). The molecule has 1 heteroatoms. The van der Waals surface area contributed by atoms with Crippen LogP contribution in [0.5, 0.6) is 0 Å². The standard InChI is InChI=1S/C18H24Si/c1-12-8-7-9-14-13(12)10-15(19-6)18(14)16(2,3)11-17(18,4)5/h7-10H,11H2,1-6H3. The number of hydrogen-bond donors (Lipinski definition) is 0. The molecule has 1 spiro atoms. The third-order valence-corrected chi connectivity index (χ3v) is 6.66. The first kappa shape index (κ1) is 13.2. The van der Waals surface area contributed by atoms with E-state index in [-0.39, 0.29) is 5.41 Å². The van der Waals surface area contributed by atoms with Crippen LogP contribution in [0.3, 0.4) is 0 Å². The molecule has 1 aromatic rings. The lowest BCUT2D eigenvalue weighted by Gasteiger charge is -2.68. The summed E-state index contributed by atoms with van der Waals surface area (Å²) in [5, 5.41) is 1.68. The zero-order chi connectivity index (χ0) is 14.1. The lowest BCUT2D eigenvalue weighted by atomic mass is 9.37. The first-order valence-corrected chi connectivity index (χ1v) is 8.78. The molecule has 100 valence electrons. The Morgan fingerprint density at radius 3 is 2.21 bits per heavy atom. The van der Waals surface area contributed by atoms with Crippen molar-refractivity contribution in [1.82, 2.24) is 0 Å². The highest BCUT2D eigenvalue weighted by molar-refractivity contribution is 6.46. The maximum Gasteiger partial charge on any atom is 0.0728 e. The molecule has 2 aliphatic rings. The van der Waals surface area contributed by atoms with Crippen molar-refractivity contribution in [2.45, 2.75) is 53.0 Å². The van der Waals surface area contributed by atoms with Gasteiger partial charge < -0.3 is 0 Å². The third kappa shape index (κ3) is 1.30. The van der Waals surface area contributed by atoms with Crippen LogP contribution in [0.15, 0.2) is 23.4 Å². The first-order chi connectivity index (χ1) is 8.78. The zero-order valence-electron chi connectivity index (χ0n) is 13.0. The minimum atomic E-state index is 0.272. The van der Waals surface area contributed by atoms with Gasteiger partial charge in [0.25, 0.3) is 0 Å². The fraction of sp³-hybridized carbons (Fsp3) is 0.556. The molecule has 0 saturated heterocycles. The molecule has 0 amide bonds. The second-order valence-electron chi connectivity index (χ2n) is 7.54. The summed E-state index contributed by atoms with van der Waals surface area (Å²) < 4.78 is 0. The van der Waals surface area contributed by atoms with E-state index in [0.29, 0.717) is 10.8 Å². The van der Waals surface area contributed by atoms with Crippen molar-refractivity contribution in [2.75, 3.05) is 0 Å². The summed E-state index contributed by atoms with van der Waals surface area (Å²) in [4.78, 5) is 0. The Morgan fingerprint density at radius 1 is 1.05 bits per heavy atom. The molecule has 0 aliphatic heterocycles. The van der Waals surface area contributed by atoms with Crippen LogP contribution < -0.4 is 0 Å². The number of rotatable bonds is 1. The van der Waals surface area contributed by atoms with Gasteiger partial charge in [-0.25, -0.2) is 0 Å². The summed E-state index contributed by atoms with van der Waals surface area (Å²) in [6, 6.07) is 6.88. The highest BCUT2D eigenvalue weighted by Gasteiger charge is 2.68. The van der Waals surface area contributed by atoms with Gasteiger partial charge in [0.05, 0.1) is 9.52 Å². The highest BCUT2D eigenvalue weighted by Crippen LogP contribution is 2.73. The second kappa shape index (κ2) is 3.63. The Balaban J connectivity index is 2.34. The predicted molar refractivity (Wildman–Crippen MR) is 84.6 cm³/mol. The largest absolute Gasteiger partial charge is 0.0736 e. The lowest BCUT2D eigenvalue weighted by molar-refractivity contribution is -0.0846. The molecule has 0 bridgehead atoms. The molecule has 1 aromatic carbocycles. The van der Waals surface area contributed by atoms with Crippen LogP contribution in [0.25, 0.3) is 6.08 Å². The minimum absolute atomic E-state index is 0.272. The average molecular weight is 268 g/mol. The van der Waals surface area contributed by atoms with E-state index < -0.39 is 0 Å². The van der Waals surface area contributed by atoms with Crippen molar-refractivity contribution in [3.63, 3.8) is 0 Å². The van der Waals surface area contributed by atoms with Gasteiger partial charge >= 0.3 is 0 Å². The van der Waals surface area contributed by atoms with Crippen LogP contribution in [-0.4, -0.2) is 9.52 Å². The summed E-state index contributed by atoms with van der Waals surface area (Å²) in [5.41, 5.74) is 5.57. The molecule has 2 aliphatic carbocycles.